The summed E-state index contributed by atoms with van der Waals surface area (Å²) >= 11 is 1.35. The third kappa shape index (κ3) is 2.39. The molecule has 0 saturated heterocycles. The number of ether oxygens (including phenoxy) is 1. The minimum Gasteiger partial charge on any atom is -0.460 e. The topological polar surface area (TPSA) is 92.4 Å². The molecule has 2 aromatic heterocycles. The van der Waals surface area contributed by atoms with Gasteiger partial charge in [-0.15, -0.1) is 11.3 Å². The molecule has 8 heteroatoms. The summed E-state index contributed by atoms with van der Waals surface area (Å²) in [6.07, 6.45) is 0.623. The van der Waals surface area contributed by atoms with Crippen LogP contribution in [0.2, 0.25) is 0 Å². The lowest BCUT2D eigenvalue weighted by Gasteiger charge is -2.25. The Hall–Kier alpha value is -2.22. The zero-order chi connectivity index (χ0) is 15.9. The Labute approximate surface area is 129 Å². The predicted molar refractivity (Wildman–Crippen MR) is 81.0 cm³/mol. The number of hydrogen-bond acceptors (Lipinski definition) is 6. The maximum atomic E-state index is 12.3. The highest BCUT2D eigenvalue weighted by molar-refractivity contribution is 7.18. The number of fused-ring (bicyclic) bond motifs is 3. The summed E-state index contributed by atoms with van der Waals surface area (Å²) in [7, 11) is 0. The number of thiophene rings is 1. The van der Waals surface area contributed by atoms with Gasteiger partial charge in [0.15, 0.2) is 0 Å². The highest BCUT2D eigenvalue weighted by Gasteiger charge is 2.25. The second kappa shape index (κ2) is 5.53. The van der Waals surface area contributed by atoms with E-state index >= 15 is 0 Å². The minimum atomic E-state index is -0.641. The smallest absolute Gasteiger partial charge is 0.374 e. The van der Waals surface area contributed by atoms with E-state index in [4.69, 9.17) is 4.74 Å². The van der Waals surface area contributed by atoms with Crippen molar-refractivity contribution >= 4 is 33.4 Å². The van der Waals surface area contributed by atoms with Crippen molar-refractivity contribution in [3.63, 3.8) is 0 Å². The molecule has 0 unspecified atom stereocenters. The van der Waals surface area contributed by atoms with Gasteiger partial charge in [0.1, 0.15) is 4.83 Å². The lowest BCUT2D eigenvalue weighted by molar-refractivity contribution is -0.129. The van der Waals surface area contributed by atoms with E-state index in [1.165, 1.54) is 18.3 Å². The summed E-state index contributed by atoms with van der Waals surface area (Å²) < 4.78 is 4.86. The van der Waals surface area contributed by atoms with Crippen LogP contribution in [0, 0.1) is 0 Å². The van der Waals surface area contributed by atoms with Crippen LogP contribution in [0.25, 0.3) is 10.2 Å². The highest BCUT2D eigenvalue weighted by Crippen LogP contribution is 2.32. The SMILES string of the molecule is CCOC(=O)c1nc2sc3c(c2c(=O)[nH]1)CCN(C(C)=O)C3. The Balaban J connectivity index is 2.08. The van der Waals surface area contributed by atoms with Crippen LogP contribution in [0.3, 0.4) is 0 Å². The Morgan fingerprint density at radius 3 is 2.91 bits per heavy atom. The molecular formula is C14H15N3O4S. The number of rotatable bonds is 2. The third-order valence-electron chi connectivity index (χ3n) is 3.62. The van der Waals surface area contributed by atoms with Gasteiger partial charge in [0.2, 0.25) is 11.7 Å². The molecule has 22 heavy (non-hydrogen) atoms. The zero-order valence-corrected chi connectivity index (χ0v) is 13.1. The number of hydrogen-bond donors (Lipinski definition) is 1. The fraction of sp³-hybridized carbons (Fsp3) is 0.429. The monoisotopic (exact) mass is 321 g/mol. The Kier molecular flexibility index (Phi) is 3.69. The van der Waals surface area contributed by atoms with Crippen molar-refractivity contribution in [2.45, 2.75) is 26.8 Å². The Morgan fingerprint density at radius 2 is 2.23 bits per heavy atom. The van der Waals surface area contributed by atoms with Gasteiger partial charge in [-0.25, -0.2) is 9.78 Å². The van der Waals surface area contributed by atoms with Crippen LogP contribution in [-0.2, 0) is 22.5 Å². The predicted octanol–water partition coefficient (Wildman–Crippen LogP) is 1.07. The van der Waals surface area contributed by atoms with E-state index < -0.39 is 5.97 Å². The first-order chi connectivity index (χ1) is 10.5. The number of nitrogens with one attached hydrogen (secondary N) is 1. The number of H-pyrrole nitrogens is 1. The molecule has 2 aromatic rings. The number of aromatic amines is 1. The lowest BCUT2D eigenvalue weighted by Crippen LogP contribution is -2.33. The molecule has 1 aliphatic heterocycles. The van der Waals surface area contributed by atoms with Gasteiger partial charge in [0.05, 0.1) is 18.5 Å². The van der Waals surface area contributed by atoms with Gasteiger partial charge in [0, 0.05) is 18.3 Å². The van der Waals surface area contributed by atoms with Crippen LogP contribution < -0.4 is 5.56 Å². The molecular weight excluding hydrogens is 306 g/mol. The van der Waals surface area contributed by atoms with Crippen molar-refractivity contribution < 1.29 is 14.3 Å². The van der Waals surface area contributed by atoms with E-state index in [1.807, 2.05) is 0 Å². The van der Waals surface area contributed by atoms with Crippen LogP contribution in [0.4, 0.5) is 0 Å². The van der Waals surface area contributed by atoms with Gasteiger partial charge < -0.3 is 14.6 Å². The number of carbonyl (C=O) groups excluding carboxylic acids is 2. The van der Waals surface area contributed by atoms with Crippen LogP contribution in [0.5, 0.6) is 0 Å². The van der Waals surface area contributed by atoms with Crippen molar-refractivity contribution in [3.8, 4) is 0 Å². The number of esters is 1. The van der Waals surface area contributed by atoms with Gasteiger partial charge in [-0.05, 0) is 18.9 Å². The summed E-state index contributed by atoms with van der Waals surface area (Å²) in [6, 6.07) is 0. The summed E-state index contributed by atoms with van der Waals surface area (Å²) in [6.45, 7) is 4.51. The van der Waals surface area contributed by atoms with E-state index in [9.17, 15) is 14.4 Å². The number of aromatic nitrogens is 2. The molecule has 0 spiro atoms. The standard InChI is InChI=1S/C14H15N3O4S/c1-3-21-14(20)11-15-12(19)10-8-4-5-17(7(2)18)6-9(8)22-13(10)16-11/h3-6H2,1-2H3,(H,15,16,19). The average molecular weight is 321 g/mol. The molecule has 0 aromatic carbocycles. The summed E-state index contributed by atoms with van der Waals surface area (Å²) in [5, 5.41) is 0.524. The van der Waals surface area contributed by atoms with Gasteiger partial charge in [-0.3, -0.25) is 9.59 Å². The van der Waals surface area contributed by atoms with Crippen molar-refractivity contribution in [2.75, 3.05) is 13.2 Å². The van der Waals surface area contributed by atoms with Gasteiger partial charge in [-0.1, -0.05) is 0 Å². The summed E-state index contributed by atoms with van der Waals surface area (Å²) in [5.74, 6) is -0.711. The maximum Gasteiger partial charge on any atom is 0.374 e. The van der Waals surface area contributed by atoms with Gasteiger partial charge in [-0.2, -0.15) is 0 Å². The molecule has 3 heterocycles. The molecule has 0 atom stereocenters. The first-order valence-corrected chi connectivity index (χ1v) is 7.80. The molecule has 0 aliphatic carbocycles. The van der Waals surface area contributed by atoms with E-state index in [0.717, 1.165) is 10.4 Å². The molecule has 1 amide bonds. The second-order valence-corrected chi connectivity index (χ2v) is 6.09. The molecule has 0 fully saturated rings. The molecule has 0 bridgehead atoms. The van der Waals surface area contributed by atoms with E-state index in [2.05, 4.69) is 9.97 Å². The Morgan fingerprint density at radius 1 is 1.45 bits per heavy atom. The first-order valence-electron chi connectivity index (χ1n) is 6.98. The molecule has 116 valence electrons. The lowest BCUT2D eigenvalue weighted by atomic mass is 10.1. The van der Waals surface area contributed by atoms with E-state index in [-0.39, 0.29) is 23.9 Å². The zero-order valence-electron chi connectivity index (χ0n) is 12.3. The summed E-state index contributed by atoms with van der Waals surface area (Å²) in [4.78, 5) is 45.4. The van der Waals surface area contributed by atoms with Crippen LogP contribution in [0.1, 0.15) is 34.9 Å². The van der Waals surface area contributed by atoms with Crippen LogP contribution in [-0.4, -0.2) is 39.9 Å². The molecule has 0 radical (unpaired) electrons. The van der Waals surface area contributed by atoms with Crippen molar-refractivity contribution in [1.29, 1.82) is 0 Å². The fourth-order valence-corrected chi connectivity index (χ4v) is 3.80. The van der Waals surface area contributed by atoms with E-state index in [0.29, 0.717) is 29.7 Å². The molecule has 1 N–H and O–H groups in total. The summed E-state index contributed by atoms with van der Waals surface area (Å²) in [5.41, 5.74) is 0.600. The quantitative estimate of drug-likeness (QED) is 0.835. The molecule has 1 aliphatic rings. The van der Waals surface area contributed by atoms with Crippen LogP contribution >= 0.6 is 11.3 Å². The second-order valence-electron chi connectivity index (χ2n) is 5.01. The molecule has 0 saturated carbocycles. The van der Waals surface area contributed by atoms with Gasteiger partial charge >= 0.3 is 5.97 Å². The van der Waals surface area contributed by atoms with E-state index in [1.54, 1.807) is 11.8 Å². The van der Waals surface area contributed by atoms with Gasteiger partial charge in [0.25, 0.3) is 5.56 Å². The van der Waals surface area contributed by atoms with Crippen molar-refractivity contribution in [3.05, 3.63) is 26.6 Å². The average Bonchev–Trinajstić information content (AvgIpc) is 2.84. The third-order valence-corrected chi connectivity index (χ3v) is 4.74. The first kappa shape index (κ1) is 14.7. The number of amides is 1. The normalized spacial score (nSPS) is 14.0. The van der Waals surface area contributed by atoms with Crippen molar-refractivity contribution in [1.82, 2.24) is 14.9 Å². The maximum absolute atomic E-state index is 12.3. The number of carbonyl (C=O) groups is 2. The fourth-order valence-electron chi connectivity index (χ4n) is 2.57. The van der Waals surface area contributed by atoms with Crippen molar-refractivity contribution in [2.24, 2.45) is 0 Å². The Bertz CT molecular complexity index is 823. The molecule has 7 nitrogen and oxygen atoms in total. The highest BCUT2D eigenvalue weighted by atomic mass is 32.1. The minimum absolute atomic E-state index is 0.0113. The van der Waals surface area contributed by atoms with Crippen LogP contribution in [0.15, 0.2) is 4.79 Å². The largest absolute Gasteiger partial charge is 0.460 e. The molecule has 3 rings (SSSR count). The number of nitrogens with zero attached hydrogens (tertiary/aromatic N) is 2.